The van der Waals surface area contributed by atoms with Crippen molar-refractivity contribution in [3.05, 3.63) is 0 Å². The Kier molecular flexibility index (Phi) is 6.18. The molecule has 0 amide bonds. The summed E-state index contributed by atoms with van der Waals surface area (Å²) >= 11 is 0. The molecule has 1 atom stereocenters. The topological polar surface area (TPSA) is 79.5 Å². The van der Waals surface area contributed by atoms with E-state index in [1.165, 1.54) is 32.4 Å². The number of hydrogen-bond acceptors (Lipinski definition) is 7. The third kappa shape index (κ3) is 4.66. The molecule has 7 heteroatoms. The zero-order chi connectivity index (χ0) is 17.6. The Morgan fingerprint density at radius 2 is 2.00 bits per heavy atom. The molecule has 0 radical (unpaired) electrons. The van der Waals surface area contributed by atoms with Gasteiger partial charge in [-0.05, 0) is 52.2 Å². The van der Waals surface area contributed by atoms with E-state index in [1.54, 1.807) is 0 Å². The van der Waals surface area contributed by atoms with Gasteiger partial charge in [-0.2, -0.15) is 9.97 Å². The molecule has 1 saturated heterocycles. The van der Waals surface area contributed by atoms with Crippen molar-refractivity contribution in [2.45, 2.75) is 58.5 Å². The van der Waals surface area contributed by atoms with Crippen LogP contribution >= 0.6 is 0 Å². The van der Waals surface area contributed by atoms with Crippen molar-refractivity contribution in [3.8, 4) is 6.01 Å². The summed E-state index contributed by atoms with van der Waals surface area (Å²) in [6, 6.07) is 0.391. The molecule has 0 bridgehead atoms. The lowest BCUT2D eigenvalue weighted by Crippen LogP contribution is -2.33. The lowest BCUT2D eigenvalue weighted by atomic mass is 10.1. The van der Waals surface area contributed by atoms with E-state index in [1.807, 2.05) is 6.92 Å². The van der Waals surface area contributed by atoms with Gasteiger partial charge in [-0.25, -0.2) is 0 Å². The Labute approximate surface area is 150 Å². The molecule has 0 spiro atoms. The molecule has 25 heavy (non-hydrogen) atoms. The van der Waals surface area contributed by atoms with Crippen molar-refractivity contribution in [2.24, 2.45) is 0 Å². The Bertz CT molecular complexity index is 561. The molecule has 7 nitrogen and oxygen atoms in total. The largest absolute Gasteiger partial charge is 0.460 e. The van der Waals surface area contributed by atoms with Crippen LogP contribution in [0.1, 0.15) is 52.4 Å². The highest BCUT2D eigenvalue weighted by Crippen LogP contribution is 2.35. The SMILES string of the molecule is CCC[C@H](C)Oc1nc(N)c2c(n1)N(CCCN1CCCCC1)CN2. The van der Waals surface area contributed by atoms with Crippen LogP contribution in [0.25, 0.3) is 0 Å². The average Bonchev–Trinajstić information content (AvgIpc) is 3.00. The first-order chi connectivity index (χ1) is 12.2. The number of nitrogens with one attached hydrogen (secondary N) is 1. The van der Waals surface area contributed by atoms with Crippen LogP contribution in [0.15, 0.2) is 0 Å². The quantitative estimate of drug-likeness (QED) is 0.747. The minimum atomic E-state index is 0.101. The van der Waals surface area contributed by atoms with Gasteiger partial charge in [-0.15, -0.1) is 0 Å². The molecule has 2 aliphatic heterocycles. The van der Waals surface area contributed by atoms with Crippen molar-refractivity contribution in [2.75, 3.05) is 48.8 Å². The van der Waals surface area contributed by atoms with E-state index < -0.39 is 0 Å². The molecule has 0 unspecified atom stereocenters. The average molecular weight is 348 g/mol. The lowest BCUT2D eigenvalue weighted by Gasteiger charge is -2.27. The first kappa shape index (κ1) is 18.0. The summed E-state index contributed by atoms with van der Waals surface area (Å²) in [6.45, 7) is 9.55. The van der Waals surface area contributed by atoms with Crippen LogP contribution in [0.4, 0.5) is 17.3 Å². The maximum Gasteiger partial charge on any atom is 0.320 e. The van der Waals surface area contributed by atoms with Crippen molar-refractivity contribution in [1.29, 1.82) is 0 Å². The standard InChI is InChI=1S/C18H32N6O/c1-3-8-14(2)25-18-21-16(19)15-17(22-18)24(13-20-15)12-7-11-23-9-5-4-6-10-23/h14,20H,3-13H2,1-2H3,(H2,19,21,22)/t14-/m0/s1. The van der Waals surface area contributed by atoms with Gasteiger partial charge in [-0.1, -0.05) is 19.8 Å². The van der Waals surface area contributed by atoms with Crippen LogP contribution in [0.2, 0.25) is 0 Å². The van der Waals surface area contributed by atoms with E-state index >= 15 is 0 Å². The Balaban J connectivity index is 1.58. The number of nitrogens with zero attached hydrogens (tertiary/aromatic N) is 4. The first-order valence-electron chi connectivity index (χ1n) is 9.72. The summed E-state index contributed by atoms with van der Waals surface area (Å²) in [5.74, 6) is 1.35. The zero-order valence-electron chi connectivity index (χ0n) is 15.6. The van der Waals surface area contributed by atoms with Crippen LogP contribution in [0, 0.1) is 0 Å². The fourth-order valence-electron chi connectivity index (χ4n) is 3.64. The lowest BCUT2D eigenvalue weighted by molar-refractivity contribution is 0.193. The first-order valence-corrected chi connectivity index (χ1v) is 9.72. The Morgan fingerprint density at radius 1 is 1.20 bits per heavy atom. The van der Waals surface area contributed by atoms with Gasteiger partial charge in [0.05, 0.1) is 12.8 Å². The molecule has 0 aliphatic carbocycles. The fraction of sp³-hybridized carbons (Fsp3) is 0.778. The minimum Gasteiger partial charge on any atom is -0.460 e. The molecular formula is C18H32N6O. The normalized spacial score (nSPS) is 18.7. The van der Waals surface area contributed by atoms with Crippen LogP contribution in [-0.4, -0.2) is 53.8 Å². The van der Waals surface area contributed by atoms with Crippen molar-refractivity contribution in [3.63, 3.8) is 0 Å². The van der Waals surface area contributed by atoms with Crippen LogP contribution in [0.3, 0.4) is 0 Å². The second kappa shape index (κ2) is 8.56. The summed E-state index contributed by atoms with van der Waals surface area (Å²) in [4.78, 5) is 13.7. The van der Waals surface area contributed by atoms with Gasteiger partial charge in [0, 0.05) is 6.54 Å². The molecule has 1 fully saturated rings. The molecule has 3 heterocycles. The van der Waals surface area contributed by atoms with Gasteiger partial charge in [0.2, 0.25) is 0 Å². The highest BCUT2D eigenvalue weighted by atomic mass is 16.5. The van der Waals surface area contributed by atoms with Gasteiger partial charge < -0.3 is 25.6 Å². The Morgan fingerprint density at radius 3 is 2.76 bits per heavy atom. The maximum atomic E-state index is 6.10. The molecule has 0 saturated carbocycles. The van der Waals surface area contributed by atoms with Crippen molar-refractivity contribution in [1.82, 2.24) is 14.9 Å². The molecule has 2 aliphatic rings. The van der Waals surface area contributed by atoms with Crippen LogP contribution in [0.5, 0.6) is 6.01 Å². The number of likely N-dealkylation sites (tertiary alicyclic amines) is 1. The number of fused-ring (bicyclic) bond motifs is 1. The third-order valence-corrected chi connectivity index (χ3v) is 5.00. The van der Waals surface area contributed by atoms with E-state index in [-0.39, 0.29) is 6.10 Å². The molecule has 3 rings (SSSR count). The number of nitrogen functional groups attached to an aromatic ring is 1. The second-order valence-electron chi connectivity index (χ2n) is 7.16. The number of rotatable bonds is 8. The van der Waals surface area contributed by atoms with Crippen molar-refractivity contribution >= 4 is 17.3 Å². The fourth-order valence-corrected chi connectivity index (χ4v) is 3.64. The molecule has 1 aromatic rings. The van der Waals surface area contributed by atoms with E-state index in [0.717, 1.165) is 50.5 Å². The van der Waals surface area contributed by atoms with Crippen molar-refractivity contribution < 1.29 is 4.74 Å². The van der Waals surface area contributed by atoms with Gasteiger partial charge in [0.25, 0.3) is 0 Å². The highest BCUT2D eigenvalue weighted by Gasteiger charge is 2.25. The summed E-state index contributed by atoms with van der Waals surface area (Å²) in [6.07, 6.45) is 7.36. The predicted octanol–water partition coefficient (Wildman–Crippen LogP) is 2.69. The van der Waals surface area contributed by atoms with E-state index in [9.17, 15) is 0 Å². The van der Waals surface area contributed by atoms with Gasteiger partial charge in [0.15, 0.2) is 11.6 Å². The Hall–Kier alpha value is -1.76. The van der Waals surface area contributed by atoms with Crippen LogP contribution < -0.4 is 20.7 Å². The summed E-state index contributed by atoms with van der Waals surface area (Å²) < 4.78 is 5.84. The number of piperidine rings is 1. The monoisotopic (exact) mass is 348 g/mol. The highest BCUT2D eigenvalue weighted by molar-refractivity contribution is 5.80. The third-order valence-electron chi connectivity index (χ3n) is 5.00. The zero-order valence-corrected chi connectivity index (χ0v) is 15.6. The molecule has 140 valence electrons. The van der Waals surface area contributed by atoms with E-state index in [2.05, 4.69) is 32.0 Å². The minimum absolute atomic E-state index is 0.101. The summed E-state index contributed by atoms with van der Waals surface area (Å²) in [5.41, 5.74) is 6.94. The molecule has 3 N–H and O–H groups in total. The van der Waals surface area contributed by atoms with E-state index in [0.29, 0.717) is 11.8 Å². The molecule has 1 aromatic heterocycles. The summed E-state index contributed by atoms with van der Waals surface area (Å²) in [5, 5.41) is 3.32. The number of aromatic nitrogens is 2. The number of ether oxygens (including phenoxy) is 1. The maximum absolute atomic E-state index is 6.10. The number of nitrogens with two attached hydrogens (primary N) is 1. The van der Waals surface area contributed by atoms with Gasteiger partial charge in [-0.3, -0.25) is 0 Å². The number of hydrogen-bond donors (Lipinski definition) is 2. The predicted molar refractivity (Wildman–Crippen MR) is 102 cm³/mol. The molecular weight excluding hydrogens is 316 g/mol. The summed E-state index contributed by atoms with van der Waals surface area (Å²) in [7, 11) is 0. The number of anilines is 3. The smallest absolute Gasteiger partial charge is 0.320 e. The van der Waals surface area contributed by atoms with Gasteiger partial charge >= 0.3 is 6.01 Å². The second-order valence-corrected chi connectivity index (χ2v) is 7.16. The van der Waals surface area contributed by atoms with Gasteiger partial charge in [0.1, 0.15) is 5.69 Å². The van der Waals surface area contributed by atoms with Crippen LogP contribution in [-0.2, 0) is 0 Å². The molecule has 0 aromatic carbocycles. The van der Waals surface area contributed by atoms with E-state index in [4.69, 9.17) is 10.5 Å².